The number of hydrogen-bond acceptors (Lipinski definition) is 1. The van der Waals surface area contributed by atoms with Gasteiger partial charge in [0.1, 0.15) is 0 Å². The van der Waals surface area contributed by atoms with Crippen LogP contribution in [0.2, 0.25) is 0 Å². The van der Waals surface area contributed by atoms with Crippen molar-refractivity contribution in [3.63, 3.8) is 0 Å². The van der Waals surface area contributed by atoms with Gasteiger partial charge >= 0.3 is 6.85 Å². The van der Waals surface area contributed by atoms with Gasteiger partial charge in [-0.15, -0.1) is 0 Å². The zero-order chi connectivity index (χ0) is 53.1. The molecule has 376 valence electrons. The third-order valence-electron chi connectivity index (χ3n) is 16.8. The van der Waals surface area contributed by atoms with Crippen molar-refractivity contribution < 1.29 is 0 Å². The van der Waals surface area contributed by atoms with Gasteiger partial charge in [-0.1, -0.05) is 201 Å². The molecule has 75 heavy (non-hydrogen) atoms. The van der Waals surface area contributed by atoms with Crippen LogP contribution in [0.3, 0.4) is 0 Å². The fourth-order valence-electron chi connectivity index (χ4n) is 12.4. The summed E-state index contributed by atoms with van der Waals surface area (Å²) in [5.41, 5.74) is 26.6. The molecule has 0 bridgehead atoms. The van der Waals surface area contributed by atoms with Crippen molar-refractivity contribution in [2.24, 2.45) is 0 Å². The Kier molecular flexibility index (Phi) is 10.7. The lowest BCUT2D eigenvalue weighted by Crippen LogP contribution is -2.57. The lowest BCUT2D eigenvalue weighted by Gasteiger charge is -2.42. The molecule has 0 saturated carbocycles. The van der Waals surface area contributed by atoms with Gasteiger partial charge in [-0.25, -0.2) is 0 Å². The highest BCUT2D eigenvalue weighted by Gasteiger charge is 2.46. The van der Waals surface area contributed by atoms with Crippen molar-refractivity contribution in [2.45, 2.75) is 138 Å². The van der Waals surface area contributed by atoms with Crippen molar-refractivity contribution >= 4 is 67.5 Å². The molecule has 2 aliphatic heterocycles. The third kappa shape index (κ3) is 7.75. The predicted molar refractivity (Wildman–Crippen MR) is 326 cm³/mol. The summed E-state index contributed by atoms with van der Waals surface area (Å²) < 4.78 is 5.35. The Hall–Kier alpha value is -7.04. The first-order chi connectivity index (χ1) is 35.3. The molecule has 4 heteroatoms. The Morgan fingerprint density at radius 2 is 0.907 bits per heavy atom. The monoisotopic (exact) mass is 980 g/mol. The van der Waals surface area contributed by atoms with Gasteiger partial charge in [0, 0.05) is 66.8 Å². The number of aromatic nitrogens is 2. The Balaban J connectivity index is 1.31. The minimum Gasteiger partial charge on any atom is -0.375 e. The lowest BCUT2D eigenvalue weighted by molar-refractivity contribution is 0.589. The predicted octanol–water partition coefficient (Wildman–Crippen LogP) is 18.3. The molecule has 2 aromatic heterocycles. The molecule has 0 N–H and O–H groups in total. The summed E-state index contributed by atoms with van der Waals surface area (Å²) in [7, 11) is 0. The fourth-order valence-corrected chi connectivity index (χ4v) is 12.4. The molecule has 0 spiro atoms. The first-order valence-corrected chi connectivity index (χ1v) is 27.5. The Morgan fingerprint density at radius 1 is 0.387 bits per heavy atom. The second kappa shape index (κ2) is 16.5. The number of aryl methyl sites for hydroxylation is 1. The Labute approximate surface area is 447 Å². The highest BCUT2D eigenvalue weighted by molar-refractivity contribution is 6.90. The molecule has 0 fully saturated rings. The quantitative estimate of drug-likeness (QED) is 0.160. The Morgan fingerprint density at radius 3 is 1.51 bits per heavy atom. The smallest absolute Gasteiger partial charge is 0.333 e. The van der Waals surface area contributed by atoms with Crippen LogP contribution < -0.4 is 15.8 Å². The number of nitrogens with zero attached hydrogens (tertiary/aromatic N) is 3. The standard InChI is InChI=1S/C71H74BN3/c1-43-22-20-21-25-52(43)66-63(44-23-18-17-19-24-44)57-39-48(70(11,12)13)38-56-55-37-49(71(14,15)16)40-62-64(55)72(75(66)65(56)57)58-41-54-53-36-47(69(8,9)10)30-35-59(53)73(50-31-26-45(27-32-50)67(2,3)4)60(54)42-61(58)74(62)51-33-28-46(29-34-51)68(5,6)7/h17-42H,1-16H3. The van der Waals surface area contributed by atoms with Crippen molar-refractivity contribution in [1.29, 1.82) is 0 Å². The zero-order valence-corrected chi connectivity index (χ0v) is 47.4. The van der Waals surface area contributed by atoms with E-state index in [1.54, 1.807) is 0 Å². The lowest BCUT2D eigenvalue weighted by atomic mass is 9.44. The minimum absolute atomic E-state index is 0.00694. The van der Waals surface area contributed by atoms with Crippen LogP contribution in [0.15, 0.2) is 158 Å². The molecule has 0 saturated heterocycles. The summed E-state index contributed by atoms with van der Waals surface area (Å²) in [6.07, 6.45) is 0. The van der Waals surface area contributed by atoms with Crippen LogP contribution in [-0.2, 0) is 27.1 Å². The van der Waals surface area contributed by atoms with E-state index in [4.69, 9.17) is 0 Å². The topological polar surface area (TPSA) is 13.1 Å². The molecule has 4 heterocycles. The van der Waals surface area contributed by atoms with Gasteiger partial charge in [-0.2, -0.15) is 0 Å². The molecule has 0 aliphatic carbocycles. The van der Waals surface area contributed by atoms with Crippen LogP contribution >= 0.6 is 0 Å². The van der Waals surface area contributed by atoms with Crippen LogP contribution in [0.5, 0.6) is 0 Å². The maximum atomic E-state index is 2.81. The molecule has 3 nitrogen and oxygen atoms in total. The number of hydrogen-bond donors (Lipinski definition) is 0. The van der Waals surface area contributed by atoms with E-state index in [-0.39, 0.29) is 33.9 Å². The van der Waals surface area contributed by atoms with Crippen molar-refractivity contribution in [3.05, 3.63) is 191 Å². The van der Waals surface area contributed by atoms with Crippen LogP contribution in [0, 0.1) is 6.92 Å². The van der Waals surface area contributed by atoms with E-state index in [0.717, 1.165) is 0 Å². The van der Waals surface area contributed by atoms with Gasteiger partial charge < -0.3 is 13.9 Å². The molecule has 0 atom stereocenters. The SMILES string of the molecule is Cc1ccccc1-c1c(-c2ccccc2)c2cc(C(C)(C)C)cc3c2n1B1c2cc4c5cc(C(C)(C)C)ccc5n(-c5ccc(C(C)(C)C)cc5)c4cc2N(c2ccc(C(C)(C)C)cc2)c2cc(C(C)(C)C)cc-3c21. The number of anilines is 3. The molecule has 0 amide bonds. The van der Waals surface area contributed by atoms with Crippen LogP contribution in [0.4, 0.5) is 17.1 Å². The summed E-state index contributed by atoms with van der Waals surface area (Å²) in [5.74, 6) is 0. The van der Waals surface area contributed by atoms with Crippen molar-refractivity contribution in [2.75, 3.05) is 4.90 Å². The van der Waals surface area contributed by atoms with Gasteiger partial charge in [0.15, 0.2) is 0 Å². The maximum Gasteiger partial charge on any atom is 0.333 e. The van der Waals surface area contributed by atoms with E-state index in [1.165, 1.54) is 133 Å². The van der Waals surface area contributed by atoms with Crippen LogP contribution in [-0.4, -0.2) is 15.9 Å². The third-order valence-corrected chi connectivity index (χ3v) is 16.8. The van der Waals surface area contributed by atoms with Gasteiger partial charge in [0.05, 0.1) is 11.0 Å². The molecular formula is C71H74BN3. The van der Waals surface area contributed by atoms with E-state index in [0.29, 0.717) is 0 Å². The minimum atomic E-state index is -0.161. The van der Waals surface area contributed by atoms with E-state index < -0.39 is 0 Å². The largest absolute Gasteiger partial charge is 0.375 e. The number of rotatable bonds is 4. The molecule has 2 aliphatic rings. The van der Waals surface area contributed by atoms with E-state index in [2.05, 4.69) is 282 Å². The first kappa shape index (κ1) is 48.9. The van der Waals surface area contributed by atoms with Crippen molar-refractivity contribution in [3.8, 4) is 39.2 Å². The molecular weight excluding hydrogens is 906 g/mol. The molecule has 12 rings (SSSR count). The fraction of sp³-hybridized carbons (Fsp3) is 0.296. The van der Waals surface area contributed by atoms with Gasteiger partial charge in [0.2, 0.25) is 0 Å². The molecule has 10 aromatic rings. The molecule has 0 radical (unpaired) electrons. The normalized spacial score (nSPS) is 13.8. The van der Waals surface area contributed by atoms with E-state index in [1.807, 2.05) is 0 Å². The van der Waals surface area contributed by atoms with Crippen LogP contribution in [0.1, 0.15) is 137 Å². The van der Waals surface area contributed by atoms with Crippen LogP contribution in [0.25, 0.3) is 71.9 Å². The summed E-state index contributed by atoms with van der Waals surface area (Å²) in [5, 5.41) is 3.86. The molecule has 0 unspecified atom stereocenters. The van der Waals surface area contributed by atoms with Crippen molar-refractivity contribution in [1.82, 2.24) is 9.05 Å². The summed E-state index contributed by atoms with van der Waals surface area (Å²) in [6.45, 7) is 37.3. The second-order valence-electron chi connectivity index (χ2n) is 27.2. The second-order valence-corrected chi connectivity index (χ2v) is 27.2. The molecule has 8 aromatic carbocycles. The summed E-state index contributed by atoms with van der Waals surface area (Å²) >= 11 is 0. The van der Waals surface area contributed by atoms with E-state index in [9.17, 15) is 0 Å². The zero-order valence-electron chi connectivity index (χ0n) is 47.4. The average Bonchev–Trinajstić information content (AvgIpc) is 3.96. The first-order valence-electron chi connectivity index (χ1n) is 27.5. The van der Waals surface area contributed by atoms with E-state index >= 15 is 0 Å². The van der Waals surface area contributed by atoms with Gasteiger partial charge in [0.25, 0.3) is 0 Å². The highest BCUT2D eigenvalue weighted by Crippen LogP contribution is 2.53. The highest BCUT2D eigenvalue weighted by atomic mass is 15.2. The average molecular weight is 980 g/mol. The number of benzene rings is 8. The maximum absolute atomic E-state index is 2.81. The summed E-state index contributed by atoms with van der Waals surface area (Å²) in [6, 6.07) is 61.8. The van der Waals surface area contributed by atoms with Gasteiger partial charge in [-0.3, -0.25) is 0 Å². The summed E-state index contributed by atoms with van der Waals surface area (Å²) in [4.78, 5) is 2.64. The van der Waals surface area contributed by atoms with Gasteiger partial charge in [-0.05, 0) is 150 Å². The number of fused-ring (bicyclic) bond motifs is 7. The Bertz CT molecular complexity index is 3940.